The van der Waals surface area contributed by atoms with E-state index in [9.17, 15) is 0 Å². The van der Waals surface area contributed by atoms with Gasteiger partial charge in [-0.1, -0.05) is 37.3 Å². The van der Waals surface area contributed by atoms with E-state index >= 15 is 0 Å². The summed E-state index contributed by atoms with van der Waals surface area (Å²) in [6, 6.07) is 14.9. The molecule has 0 saturated heterocycles. The molecule has 2 aromatic rings. The van der Waals surface area contributed by atoms with Crippen LogP contribution < -0.4 is 10.6 Å². The second-order valence-electron chi connectivity index (χ2n) is 5.79. The molecule has 0 spiro atoms. The van der Waals surface area contributed by atoms with Gasteiger partial charge in [-0.15, -0.1) is 24.0 Å². The van der Waals surface area contributed by atoms with Gasteiger partial charge in [0.05, 0.1) is 12.3 Å². The van der Waals surface area contributed by atoms with Crippen molar-refractivity contribution in [3.05, 3.63) is 60.1 Å². The Labute approximate surface area is 162 Å². The fourth-order valence-electron chi connectivity index (χ4n) is 2.23. The van der Waals surface area contributed by atoms with E-state index in [4.69, 9.17) is 4.42 Å². The number of halogens is 1. The Morgan fingerprint density at radius 3 is 2.46 bits per heavy atom. The van der Waals surface area contributed by atoms with E-state index in [2.05, 4.69) is 60.7 Å². The molecule has 2 N–H and O–H groups in total. The molecule has 4 nitrogen and oxygen atoms in total. The number of nitrogens with zero attached hydrogens (tertiary/aromatic N) is 1. The zero-order chi connectivity index (χ0) is 16.5. The second-order valence-corrected chi connectivity index (χ2v) is 5.79. The summed E-state index contributed by atoms with van der Waals surface area (Å²) in [6.45, 7) is 7.17. The van der Waals surface area contributed by atoms with Gasteiger partial charge in [-0.25, -0.2) is 0 Å². The lowest BCUT2D eigenvalue weighted by Gasteiger charge is -2.21. The van der Waals surface area contributed by atoms with Crippen molar-refractivity contribution in [1.82, 2.24) is 10.6 Å². The average Bonchev–Trinajstić information content (AvgIpc) is 3.08. The fourth-order valence-corrected chi connectivity index (χ4v) is 2.23. The molecule has 1 heterocycles. The molecule has 1 aromatic heterocycles. The highest BCUT2D eigenvalue weighted by Crippen LogP contribution is 2.11. The van der Waals surface area contributed by atoms with Crippen LogP contribution in [0.25, 0.3) is 0 Å². The summed E-state index contributed by atoms with van der Waals surface area (Å²) in [5.41, 5.74) is 1.25. The highest BCUT2D eigenvalue weighted by Gasteiger charge is 2.09. The number of guanidine groups is 1. The Kier molecular flexibility index (Phi) is 9.52. The summed E-state index contributed by atoms with van der Waals surface area (Å²) >= 11 is 0. The third-order valence-corrected chi connectivity index (χ3v) is 3.86. The third-order valence-electron chi connectivity index (χ3n) is 3.86. The van der Waals surface area contributed by atoms with Crippen molar-refractivity contribution in [3.8, 4) is 0 Å². The largest absolute Gasteiger partial charge is 0.469 e. The third kappa shape index (κ3) is 6.95. The predicted molar refractivity (Wildman–Crippen MR) is 111 cm³/mol. The lowest BCUT2D eigenvalue weighted by Crippen LogP contribution is -2.43. The van der Waals surface area contributed by atoms with E-state index in [0.717, 1.165) is 24.6 Å². The van der Waals surface area contributed by atoms with Gasteiger partial charge in [-0.05, 0) is 38.0 Å². The van der Waals surface area contributed by atoms with E-state index in [-0.39, 0.29) is 30.0 Å². The quantitative estimate of drug-likeness (QED) is 0.377. The van der Waals surface area contributed by atoms with Crippen molar-refractivity contribution < 1.29 is 4.42 Å². The zero-order valence-electron chi connectivity index (χ0n) is 14.7. The number of benzene rings is 1. The van der Waals surface area contributed by atoms with Gasteiger partial charge in [-0.3, -0.25) is 4.99 Å². The zero-order valence-corrected chi connectivity index (χ0v) is 17.0. The Bertz CT molecular complexity index is 584. The van der Waals surface area contributed by atoms with Crippen LogP contribution in [0.5, 0.6) is 0 Å². The summed E-state index contributed by atoms with van der Waals surface area (Å²) in [6.07, 6.45) is 3.56. The van der Waals surface area contributed by atoms with Crippen LogP contribution in [0.1, 0.15) is 44.6 Å². The highest BCUT2D eigenvalue weighted by molar-refractivity contribution is 14.0. The molecule has 5 heteroatoms. The first kappa shape index (κ1) is 20.5. The van der Waals surface area contributed by atoms with Crippen molar-refractivity contribution in [1.29, 1.82) is 0 Å². The first-order valence-corrected chi connectivity index (χ1v) is 8.34. The van der Waals surface area contributed by atoms with Gasteiger partial charge in [0.25, 0.3) is 0 Å². The van der Waals surface area contributed by atoms with Crippen molar-refractivity contribution in [2.75, 3.05) is 6.54 Å². The number of rotatable bonds is 7. The molecule has 0 amide bonds. The normalized spacial score (nSPS) is 13.7. The first-order valence-electron chi connectivity index (χ1n) is 8.34. The van der Waals surface area contributed by atoms with Crippen molar-refractivity contribution in [2.45, 2.75) is 45.7 Å². The van der Waals surface area contributed by atoms with Crippen LogP contribution in [0.15, 0.2) is 58.1 Å². The second kappa shape index (κ2) is 11.1. The van der Waals surface area contributed by atoms with Gasteiger partial charge < -0.3 is 15.1 Å². The molecule has 1 aromatic carbocycles. The molecule has 0 aliphatic carbocycles. The number of furan rings is 1. The summed E-state index contributed by atoms with van der Waals surface area (Å²) in [7, 11) is 0. The topological polar surface area (TPSA) is 49.6 Å². The van der Waals surface area contributed by atoms with Crippen molar-refractivity contribution in [3.63, 3.8) is 0 Å². The molecule has 2 atom stereocenters. The predicted octanol–water partition coefficient (Wildman–Crippen LogP) is 4.54. The number of hydrogen-bond acceptors (Lipinski definition) is 2. The van der Waals surface area contributed by atoms with E-state index in [0.29, 0.717) is 12.6 Å². The molecular formula is C19H28IN3O. The highest BCUT2D eigenvalue weighted by atomic mass is 127. The maximum atomic E-state index is 5.36. The van der Waals surface area contributed by atoms with Crippen LogP contribution in [0, 0.1) is 0 Å². The Balaban J connectivity index is 0.00000288. The van der Waals surface area contributed by atoms with Crippen LogP contribution in [0.4, 0.5) is 0 Å². The summed E-state index contributed by atoms with van der Waals surface area (Å²) in [5, 5.41) is 6.94. The monoisotopic (exact) mass is 441 g/mol. The molecule has 0 radical (unpaired) electrons. The molecule has 2 rings (SSSR count). The Hall–Kier alpha value is -1.50. The minimum atomic E-state index is 0. The maximum Gasteiger partial charge on any atom is 0.191 e. The molecule has 24 heavy (non-hydrogen) atoms. The summed E-state index contributed by atoms with van der Waals surface area (Å²) in [5.74, 6) is 1.81. The Morgan fingerprint density at radius 2 is 1.83 bits per heavy atom. The van der Waals surface area contributed by atoms with Gasteiger partial charge >= 0.3 is 0 Å². The SMILES string of the molecule is CCC(C)NC(=NCCc1ccco1)NC(C)c1ccccc1.I. The van der Waals surface area contributed by atoms with Gasteiger partial charge in [-0.2, -0.15) is 0 Å². The number of hydrogen-bond donors (Lipinski definition) is 2. The van der Waals surface area contributed by atoms with Gasteiger partial charge in [0.1, 0.15) is 5.76 Å². The molecule has 0 aliphatic rings. The van der Waals surface area contributed by atoms with E-state index in [1.807, 2.05) is 18.2 Å². The summed E-state index contributed by atoms with van der Waals surface area (Å²) in [4.78, 5) is 4.69. The van der Waals surface area contributed by atoms with Gasteiger partial charge in [0, 0.05) is 19.0 Å². The van der Waals surface area contributed by atoms with Gasteiger partial charge in [0.2, 0.25) is 0 Å². The van der Waals surface area contributed by atoms with Gasteiger partial charge in [0.15, 0.2) is 5.96 Å². The van der Waals surface area contributed by atoms with E-state index in [1.54, 1.807) is 6.26 Å². The lowest BCUT2D eigenvalue weighted by atomic mass is 10.1. The molecule has 0 saturated carbocycles. The standard InChI is InChI=1S/C19H27N3O.HI/c1-4-15(2)21-19(20-13-12-18-11-8-14-23-18)22-16(3)17-9-6-5-7-10-17;/h5-11,14-16H,4,12-13H2,1-3H3,(H2,20,21,22);1H. The Morgan fingerprint density at radius 1 is 1.08 bits per heavy atom. The minimum absolute atomic E-state index is 0. The first-order chi connectivity index (χ1) is 11.2. The van der Waals surface area contributed by atoms with E-state index in [1.165, 1.54) is 5.56 Å². The minimum Gasteiger partial charge on any atom is -0.469 e. The fraction of sp³-hybridized carbons (Fsp3) is 0.421. The molecule has 2 unspecified atom stereocenters. The van der Waals surface area contributed by atoms with Crippen LogP contribution >= 0.6 is 24.0 Å². The van der Waals surface area contributed by atoms with E-state index < -0.39 is 0 Å². The molecular weight excluding hydrogens is 413 g/mol. The van der Waals surface area contributed by atoms with Crippen molar-refractivity contribution in [2.24, 2.45) is 4.99 Å². The molecule has 0 aliphatic heterocycles. The summed E-state index contributed by atoms with van der Waals surface area (Å²) < 4.78 is 5.36. The molecule has 132 valence electrons. The van der Waals surface area contributed by atoms with Crippen LogP contribution in [-0.4, -0.2) is 18.5 Å². The maximum absolute atomic E-state index is 5.36. The lowest BCUT2D eigenvalue weighted by molar-refractivity contribution is 0.510. The van der Waals surface area contributed by atoms with Crippen molar-refractivity contribution >= 4 is 29.9 Å². The molecule has 0 bridgehead atoms. The van der Waals surface area contributed by atoms with Crippen LogP contribution in [-0.2, 0) is 6.42 Å². The number of nitrogens with one attached hydrogen (secondary N) is 2. The average molecular weight is 441 g/mol. The number of aliphatic imine (C=N–C) groups is 1. The van der Waals surface area contributed by atoms with Crippen LogP contribution in [0.3, 0.4) is 0 Å². The smallest absolute Gasteiger partial charge is 0.191 e. The van der Waals surface area contributed by atoms with Crippen LogP contribution in [0.2, 0.25) is 0 Å². The molecule has 0 fully saturated rings.